The normalized spacial score (nSPS) is 14.4. The van der Waals surface area contributed by atoms with Crippen LogP contribution in [0.15, 0.2) is 0 Å². The van der Waals surface area contributed by atoms with Crippen molar-refractivity contribution >= 4 is 23.3 Å². The van der Waals surface area contributed by atoms with E-state index in [0.29, 0.717) is 24.1 Å². The Bertz CT molecular complexity index is 460. The number of rotatable bonds is 5. The molecule has 0 aliphatic heterocycles. The molecule has 0 bridgehead atoms. The number of hydrogen-bond acceptors (Lipinski definition) is 4. The molecule has 5 nitrogen and oxygen atoms in total. The van der Waals surface area contributed by atoms with Crippen LogP contribution >= 0.6 is 11.6 Å². The topological polar surface area (TPSA) is 66.9 Å². The van der Waals surface area contributed by atoms with Gasteiger partial charge in [0, 0.05) is 19.0 Å². The first kappa shape index (κ1) is 13.1. The highest BCUT2D eigenvalue weighted by Crippen LogP contribution is 2.28. The van der Waals surface area contributed by atoms with Crippen molar-refractivity contribution in [2.45, 2.75) is 26.7 Å². The van der Waals surface area contributed by atoms with Crippen LogP contribution in [0, 0.1) is 19.8 Å². The fourth-order valence-corrected chi connectivity index (χ4v) is 1.78. The first-order valence-corrected chi connectivity index (χ1v) is 6.48. The van der Waals surface area contributed by atoms with Gasteiger partial charge in [0.15, 0.2) is 11.0 Å². The number of halogens is 1. The van der Waals surface area contributed by atoms with Gasteiger partial charge in [0.25, 0.3) is 0 Å². The number of carbonyl (C=O) groups excluding carboxylic acids is 1. The van der Waals surface area contributed by atoms with E-state index in [4.69, 9.17) is 11.6 Å². The number of carbonyl (C=O) groups is 1. The van der Waals surface area contributed by atoms with Crippen molar-refractivity contribution in [2.24, 2.45) is 5.92 Å². The zero-order valence-corrected chi connectivity index (χ0v) is 11.3. The number of aryl methyl sites for hydroxylation is 2. The summed E-state index contributed by atoms with van der Waals surface area (Å²) in [6, 6.07) is 0. The predicted octanol–water partition coefficient (Wildman–Crippen LogP) is 1.68. The summed E-state index contributed by atoms with van der Waals surface area (Å²) in [7, 11) is 0. The van der Waals surface area contributed by atoms with Crippen molar-refractivity contribution in [3.05, 3.63) is 16.5 Å². The van der Waals surface area contributed by atoms with Crippen molar-refractivity contribution in [3.63, 3.8) is 0 Å². The molecule has 1 fully saturated rings. The molecule has 0 spiro atoms. The second-order valence-corrected chi connectivity index (χ2v) is 4.88. The first-order chi connectivity index (χ1) is 8.58. The third kappa shape index (κ3) is 3.32. The molecule has 1 aliphatic rings. The number of aromatic nitrogens is 2. The van der Waals surface area contributed by atoms with Crippen LogP contribution in [-0.2, 0) is 4.79 Å². The molecule has 6 heteroatoms. The van der Waals surface area contributed by atoms with Crippen LogP contribution in [0.4, 0.5) is 5.82 Å². The molecule has 0 saturated heterocycles. The summed E-state index contributed by atoms with van der Waals surface area (Å²) in [4.78, 5) is 19.9. The standard InChI is InChI=1S/C12H17ClN4O/c1-7-8(2)17-11(10(13)16-7)14-5-6-15-12(18)9-3-4-9/h9H,3-6H2,1-2H3,(H,14,17)(H,15,18). The fourth-order valence-electron chi connectivity index (χ4n) is 1.54. The molecule has 0 aromatic carbocycles. The average Bonchev–Trinajstić information content (AvgIpc) is 3.14. The van der Waals surface area contributed by atoms with Crippen LogP contribution in [0.2, 0.25) is 5.15 Å². The van der Waals surface area contributed by atoms with Gasteiger partial charge < -0.3 is 10.6 Å². The average molecular weight is 269 g/mol. The molecular weight excluding hydrogens is 252 g/mol. The second kappa shape index (κ2) is 5.52. The summed E-state index contributed by atoms with van der Waals surface area (Å²) in [5.41, 5.74) is 1.68. The monoisotopic (exact) mass is 268 g/mol. The Morgan fingerprint density at radius 2 is 1.94 bits per heavy atom. The molecule has 2 rings (SSSR count). The van der Waals surface area contributed by atoms with Gasteiger partial charge >= 0.3 is 0 Å². The van der Waals surface area contributed by atoms with Crippen molar-refractivity contribution in [1.82, 2.24) is 15.3 Å². The molecule has 1 amide bonds. The van der Waals surface area contributed by atoms with E-state index in [-0.39, 0.29) is 11.8 Å². The van der Waals surface area contributed by atoms with E-state index in [1.807, 2.05) is 13.8 Å². The zero-order chi connectivity index (χ0) is 13.1. The fraction of sp³-hybridized carbons (Fsp3) is 0.583. The minimum atomic E-state index is 0.147. The SMILES string of the molecule is Cc1nc(Cl)c(NCCNC(=O)C2CC2)nc1C. The van der Waals surface area contributed by atoms with Crippen LogP contribution in [0.1, 0.15) is 24.2 Å². The van der Waals surface area contributed by atoms with Gasteiger partial charge in [-0.25, -0.2) is 9.97 Å². The van der Waals surface area contributed by atoms with E-state index in [1.165, 1.54) is 0 Å². The van der Waals surface area contributed by atoms with E-state index in [1.54, 1.807) is 0 Å². The number of hydrogen-bond donors (Lipinski definition) is 2. The highest BCUT2D eigenvalue weighted by molar-refractivity contribution is 6.31. The van der Waals surface area contributed by atoms with E-state index in [9.17, 15) is 4.79 Å². The Morgan fingerprint density at radius 1 is 1.28 bits per heavy atom. The summed E-state index contributed by atoms with van der Waals surface area (Å²) in [6.45, 7) is 4.92. The van der Waals surface area contributed by atoms with Crippen LogP contribution in [0.25, 0.3) is 0 Å². The summed E-state index contributed by atoms with van der Waals surface area (Å²) < 4.78 is 0. The van der Waals surface area contributed by atoms with Gasteiger partial charge in [-0.2, -0.15) is 0 Å². The van der Waals surface area contributed by atoms with Gasteiger partial charge in [-0.05, 0) is 26.7 Å². The van der Waals surface area contributed by atoms with Crippen LogP contribution in [0.5, 0.6) is 0 Å². The Morgan fingerprint density at radius 3 is 2.61 bits per heavy atom. The number of anilines is 1. The first-order valence-electron chi connectivity index (χ1n) is 6.10. The van der Waals surface area contributed by atoms with Gasteiger partial charge in [0.1, 0.15) is 0 Å². The molecular formula is C12H17ClN4O. The lowest BCUT2D eigenvalue weighted by Gasteiger charge is -2.09. The molecule has 98 valence electrons. The molecule has 0 unspecified atom stereocenters. The lowest BCUT2D eigenvalue weighted by Crippen LogP contribution is -2.30. The van der Waals surface area contributed by atoms with Crippen molar-refractivity contribution in [3.8, 4) is 0 Å². The lowest BCUT2D eigenvalue weighted by atomic mass is 10.3. The summed E-state index contributed by atoms with van der Waals surface area (Å²) in [5.74, 6) is 0.963. The number of amides is 1. The second-order valence-electron chi connectivity index (χ2n) is 4.53. The van der Waals surface area contributed by atoms with Crippen molar-refractivity contribution in [2.75, 3.05) is 18.4 Å². The molecule has 2 N–H and O–H groups in total. The maximum Gasteiger partial charge on any atom is 0.223 e. The zero-order valence-electron chi connectivity index (χ0n) is 10.6. The van der Waals surface area contributed by atoms with E-state index in [0.717, 1.165) is 24.2 Å². The molecule has 1 saturated carbocycles. The summed E-state index contributed by atoms with van der Waals surface area (Å²) >= 11 is 5.98. The van der Waals surface area contributed by atoms with Gasteiger partial charge in [-0.3, -0.25) is 4.79 Å². The smallest absolute Gasteiger partial charge is 0.223 e. The van der Waals surface area contributed by atoms with Crippen LogP contribution in [-0.4, -0.2) is 29.0 Å². The van der Waals surface area contributed by atoms with E-state index < -0.39 is 0 Å². The molecule has 1 aliphatic carbocycles. The molecule has 1 aromatic heterocycles. The Labute approximate surface area is 111 Å². The molecule has 0 atom stereocenters. The van der Waals surface area contributed by atoms with Crippen LogP contribution in [0.3, 0.4) is 0 Å². The largest absolute Gasteiger partial charge is 0.366 e. The van der Waals surface area contributed by atoms with Gasteiger partial charge in [0.2, 0.25) is 5.91 Å². The van der Waals surface area contributed by atoms with Gasteiger partial charge in [0.05, 0.1) is 11.4 Å². The molecule has 1 aromatic rings. The summed E-state index contributed by atoms with van der Waals surface area (Å²) in [6.07, 6.45) is 2.04. The minimum absolute atomic E-state index is 0.147. The van der Waals surface area contributed by atoms with E-state index in [2.05, 4.69) is 20.6 Å². The van der Waals surface area contributed by atoms with E-state index >= 15 is 0 Å². The molecule has 0 radical (unpaired) electrons. The summed E-state index contributed by atoms with van der Waals surface area (Å²) in [5, 5.41) is 6.31. The van der Waals surface area contributed by atoms with Crippen LogP contribution < -0.4 is 10.6 Å². The molecule has 18 heavy (non-hydrogen) atoms. The number of nitrogens with one attached hydrogen (secondary N) is 2. The van der Waals surface area contributed by atoms with Gasteiger partial charge in [-0.1, -0.05) is 11.6 Å². The minimum Gasteiger partial charge on any atom is -0.366 e. The lowest BCUT2D eigenvalue weighted by molar-refractivity contribution is -0.122. The third-order valence-corrected chi connectivity index (χ3v) is 3.19. The number of nitrogens with zero attached hydrogens (tertiary/aromatic N) is 2. The van der Waals surface area contributed by atoms with Gasteiger partial charge in [-0.15, -0.1) is 0 Å². The maximum atomic E-state index is 11.4. The predicted molar refractivity (Wildman–Crippen MR) is 70.7 cm³/mol. The van der Waals surface area contributed by atoms with Crippen molar-refractivity contribution in [1.29, 1.82) is 0 Å². The molecule has 1 heterocycles. The van der Waals surface area contributed by atoms with Crippen molar-refractivity contribution < 1.29 is 4.79 Å². The Balaban J connectivity index is 1.79. The highest BCUT2D eigenvalue weighted by atomic mass is 35.5. The third-order valence-electron chi connectivity index (χ3n) is 2.93. The quantitative estimate of drug-likeness (QED) is 0.798. The Kier molecular flexibility index (Phi) is 4.01. The maximum absolute atomic E-state index is 11.4. The Hall–Kier alpha value is -1.36. The highest BCUT2D eigenvalue weighted by Gasteiger charge is 2.28.